The van der Waals surface area contributed by atoms with Gasteiger partial charge in [0.15, 0.2) is 11.5 Å². The van der Waals surface area contributed by atoms with Crippen LogP contribution < -0.4 is 9.47 Å². The number of rotatable bonds is 6. The number of hydrogen-bond acceptors (Lipinski definition) is 5. The molecule has 0 amide bonds. The minimum Gasteiger partial charge on any atom is -0.493 e. The smallest absolute Gasteiger partial charge is 0.163 e. The number of nitrogens with zero attached hydrogens (tertiary/aromatic N) is 3. The molecule has 0 aliphatic rings. The van der Waals surface area contributed by atoms with Crippen molar-refractivity contribution in [2.24, 2.45) is 0 Å². The third-order valence-electron chi connectivity index (χ3n) is 2.96. The van der Waals surface area contributed by atoms with E-state index < -0.39 is 0 Å². The zero-order valence-corrected chi connectivity index (χ0v) is 12.7. The van der Waals surface area contributed by atoms with Gasteiger partial charge in [0.25, 0.3) is 0 Å². The summed E-state index contributed by atoms with van der Waals surface area (Å²) in [7, 11) is 3.52. The van der Waals surface area contributed by atoms with Gasteiger partial charge in [0.05, 0.1) is 19.2 Å². The monoisotopic (exact) mass is 305 g/mol. The SMILES string of the molecule is C#CCN(C)CCOc1cc2ncnc(Cl)c2cc1OC. The summed E-state index contributed by atoms with van der Waals surface area (Å²) in [5, 5.41) is 1.12. The van der Waals surface area contributed by atoms with Gasteiger partial charge in [0, 0.05) is 18.0 Å². The molecule has 1 heterocycles. The molecule has 0 saturated carbocycles. The molecule has 6 heteroatoms. The van der Waals surface area contributed by atoms with Crippen molar-refractivity contribution in [1.82, 2.24) is 14.9 Å². The third kappa shape index (κ3) is 3.75. The number of aromatic nitrogens is 2. The second kappa shape index (κ2) is 7.11. The van der Waals surface area contributed by atoms with Crippen molar-refractivity contribution in [1.29, 1.82) is 0 Å². The summed E-state index contributed by atoms with van der Waals surface area (Å²) in [6.45, 7) is 1.80. The number of halogens is 1. The van der Waals surface area contributed by atoms with E-state index in [1.165, 1.54) is 6.33 Å². The molecule has 0 saturated heterocycles. The minimum atomic E-state index is 0.388. The van der Waals surface area contributed by atoms with E-state index in [0.717, 1.165) is 11.9 Å². The topological polar surface area (TPSA) is 47.5 Å². The molecule has 0 N–H and O–H groups in total. The summed E-state index contributed by atoms with van der Waals surface area (Å²) in [5.41, 5.74) is 0.711. The van der Waals surface area contributed by atoms with Gasteiger partial charge >= 0.3 is 0 Å². The lowest BCUT2D eigenvalue weighted by molar-refractivity contribution is 0.242. The van der Waals surface area contributed by atoms with Crippen LogP contribution >= 0.6 is 11.6 Å². The Labute approximate surface area is 128 Å². The lowest BCUT2D eigenvalue weighted by Gasteiger charge is -2.15. The molecule has 5 nitrogen and oxygen atoms in total. The predicted octanol–water partition coefficient (Wildman–Crippen LogP) is 2.24. The van der Waals surface area contributed by atoms with Crippen molar-refractivity contribution in [3.63, 3.8) is 0 Å². The molecular formula is C15H16ClN3O2. The van der Waals surface area contributed by atoms with E-state index in [0.29, 0.717) is 35.3 Å². The fourth-order valence-corrected chi connectivity index (χ4v) is 2.05. The normalized spacial score (nSPS) is 10.6. The number of fused-ring (bicyclic) bond motifs is 1. The van der Waals surface area contributed by atoms with E-state index >= 15 is 0 Å². The predicted molar refractivity (Wildman–Crippen MR) is 82.9 cm³/mol. The van der Waals surface area contributed by atoms with Crippen LogP contribution in [0.3, 0.4) is 0 Å². The molecule has 0 radical (unpaired) electrons. The zero-order chi connectivity index (χ0) is 15.2. The highest BCUT2D eigenvalue weighted by molar-refractivity contribution is 6.34. The maximum Gasteiger partial charge on any atom is 0.163 e. The standard InChI is InChI=1S/C15H16ClN3O2/c1-4-5-19(2)6-7-21-14-9-12-11(8-13(14)20-3)15(16)18-10-17-12/h1,8-10H,5-7H2,2-3H3. The summed E-state index contributed by atoms with van der Waals surface area (Å²) in [6, 6.07) is 3.57. The number of hydrogen-bond donors (Lipinski definition) is 0. The highest BCUT2D eigenvalue weighted by atomic mass is 35.5. The van der Waals surface area contributed by atoms with Crippen LogP contribution in [-0.4, -0.2) is 48.7 Å². The molecule has 0 fully saturated rings. The van der Waals surface area contributed by atoms with Gasteiger partial charge < -0.3 is 9.47 Å². The van der Waals surface area contributed by atoms with Crippen LogP contribution in [0.5, 0.6) is 11.5 Å². The largest absolute Gasteiger partial charge is 0.493 e. The minimum absolute atomic E-state index is 0.388. The van der Waals surface area contributed by atoms with Gasteiger partial charge in [-0.05, 0) is 13.1 Å². The average Bonchev–Trinajstić information content (AvgIpc) is 2.47. The van der Waals surface area contributed by atoms with Crippen molar-refractivity contribution in [3.8, 4) is 23.8 Å². The highest BCUT2D eigenvalue weighted by Crippen LogP contribution is 2.33. The molecule has 0 unspecified atom stereocenters. The van der Waals surface area contributed by atoms with E-state index in [1.54, 1.807) is 19.2 Å². The first-order valence-electron chi connectivity index (χ1n) is 6.38. The lowest BCUT2D eigenvalue weighted by Crippen LogP contribution is -2.24. The quantitative estimate of drug-likeness (QED) is 0.605. The summed E-state index contributed by atoms with van der Waals surface area (Å²) in [6.07, 6.45) is 6.67. The Bertz CT molecular complexity index is 670. The summed E-state index contributed by atoms with van der Waals surface area (Å²) < 4.78 is 11.1. The molecule has 21 heavy (non-hydrogen) atoms. The Kier molecular flexibility index (Phi) is 5.20. The molecule has 2 aromatic rings. The maximum atomic E-state index is 6.05. The number of likely N-dealkylation sites (N-methyl/N-ethyl adjacent to an activating group) is 1. The molecule has 0 bridgehead atoms. The van der Waals surface area contributed by atoms with Crippen molar-refractivity contribution >= 4 is 22.5 Å². The molecule has 1 aromatic heterocycles. The number of ether oxygens (including phenoxy) is 2. The first-order valence-corrected chi connectivity index (χ1v) is 6.76. The maximum absolute atomic E-state index is 6.05. The van der Waals surface area contributed by atoms with Gasteiger partial charge in [-0.15, -0.1) is 6.42 Å². The molecule has 110 valence electrons. The summed E-state index contributed by atoms with van der Waals surface area (Å²) in [4.78, 5) is 10.1. The van der Waals surface area contributed by atoms with E-state index in [1.807, 2.05) is 11.9 Å². The molecule has 1 aromatic carbocycles. The van der Waals surface area contributed by atoms with Crippen LogP contribution in [0.25, 0.3) is 10.9 Å². The average molecular weight is 306 g/mol. The van der Waals surface area contributed by atoms with Crippen LogP contribution in [0.1, 0.15) is 0 Å². The van der Waals surface area contributed by atoms with Crippen LogP contribution in [0.15, 0.2) is 18.5 Å². The van der Waals surface area contributed by atoms with Crippen molar-refractivity contribution in [2.45, 2.75) is 0 Å². The van der Waals surface area contributed by atoms with E-state index in [4.69, 9.17) is 27.5 Å². The van der Waals surface area contributed by atoms with Crippen LogP contribution in [0.4, 0.5) is 0 Å². The summed E-state index contributed by atoms with van der Waals surface area (Å²) >= 11 is 6.05. The van der Waals surface area contributed by atoms with E-state index in [2.05, 4.69) is 15.9 Å². The Hall–Kier alpha value is -2.03. The van der Waals surface area contributed by atoms with E-state index in [9.17, 15) is 0 Å². The molecular weight excluding hydrogens is 290 g/mol. The van der Waals surface area contributed by atoms with Crippen molar-refractivity contribution in [3.05, 3.63) is 23.6 Å². The zero-order valence-electron chi connectivity index (χ0n) is 12.0. The number of methoxy groups -OCH3 is 1. The Morgan fingerprint density at radius 2 is 2.14 bits per heavy atom. The molecule has 0 spiro atoms. The molecule has 2 rings (SSSR count). The molecule has 0 atom stereocenters. The Balaban J connectivity index is 2.17. The Morgan fingerprint density at radius 1 is 1.33 bits per heavy atom. The third-order valence-corrected chi connectivity index (χ3v) is 3.27. The molecule has 0 aliphatic carbocycles. The molecule has 0 aliphatic heterocycles. The van der Waals surface area contributed by atoms with Crippen LogP contribution in [0, 0.1) is 12.3 Å². The fraction of sp³-hybridized carbons (Fsp3) is 0.333. The van der Waals surface area contributed by atoms with Gasteiger partial charge in [0.1, 0.15) is 18.1 Å². The van der Waals surface area contributed by atoms with Gasteiger partial charge in [-0.3, -0.25) is 4.90 Å². The lowest BCUT2D eigenvalue weighted by atomic mass is 10.2. The number of terminal acetylenes is 1. The number of benzene rings is 1. The summed E-state index contributed by atoms with van der Waals surface area (Å²) in [5.74, 6) is 3.80. The van der Waals surface area contributed by atoms with Gasteiger partial charge in [-0.25, -0.2) is 9.97 Å². The second-order valence-electron chi connectivity index (χ2n) is 4.48. The fourth-order valence-electron chi connectivity index (χ4n) is 1.85. The van der Waals surface area contributed by atoms with Crippen LogP contribution in [0.2, 0.25) is 5.15 Å². The van der Waals surface area contributed by atoms with Gasteiger partial charge in [0.2, 0.25) is 0 Å². The van der Waals surface area contributed by atoms with Crippen LogP contribution in [-0.2, 0) is 0 Å². The van der Waals surface area contributed by atoms with Crippen molar-refractivity contribution in [2.75, 3.05) is 33.9 Å². The first-order chi connectivity index (χ1) is 10.2. The first kappa shape index (κ1) is 15.4. The highest BCUT2D eigenvalue weighted by Gasteiger charge is 2.10. The van der Waals surface area contributed by atoms with Crippen molar-refractivity contribution < 1.29 is 9.47 Å². The van der Waals surface area contributed by atoms with Gasteiger partial charge in [-0.2, -0.15) is 0 Å². The van der Waals surface area contributed by atoms with E-state index in [-0.39, 0.29) is 0 Å². The second-order valence-corrected chi connectivity index (χ2v) is 4.83. The Morgan fingerprint density at radius 3 is 2.86 bits per heavy atom. The van der Waals surface area contributed by atoms with Gasteiger partial charge in [-0.1, -0.05) is 17.5 Å².